The Morgan fingerprint density at radius 3 is 2.55 bits per heavy atom. The lowest BCUT2D eigenvalue weighted by Crippen LogP contribution is -1.99. The summed E-state index contributed by atoms with van der Waals surface area (Å²) in [7, 11) is 1.62. The molecular weight excluding hydrogens is 320 g/mol. The minimum atomic E-state index is 0.463. The predicted octanol–water partition coefficient (Wildman–Crippen LogP) is 3.54. The molecular formula is C14H11BrN4O. The van der Waals surface area contributed by atoms with Gasteiger partial charge in [-0.25, -0.2) is 4.98 Å². The van der Waals surface area contributed by atoms with Crippen LogP contribution in [0.15, 0.2) is 46.9 Å². The molecule has 1 N–H and O–H groups in total. The zero-order valence-corrected chi connectivity index (χ0v) is 12.3. The number of anilines is 2. The zero-order valence-electron chi connectivity index (χ0n) is 10.7. The van der Waals surface area contributed by atoms with E-state index >= 15 is 0 Å². The summed E-state index contributed by atoms with van der Waals surface area (Å²) in [6, 6.07) is 13.3. The van der Waals surface area contributed by atoms with Crippen LogP contribution < -0.4 is 10.1 Å². The molecule has 5 nitrogen and oxygen atoms in total. The fraction of sp³-hybridized carbons (Fsp3) is 0.0714. The second kappa shape index (κ2) is 5.42. The molecule has 3 rings (SSSR count). The Bertz CT molecular complexity index is 746. The van der Waals surface area contributed by atoms with Gasteiger partial charge in [-0.1, -0.05) is 15.9 Å². The highest BCUT2D eigenvalue weighted by molar-refractivity contribution is 9.10. The van der Waals surface area contributed by atoms with Crippen molar-refractivity contribution >= 4 is 38.6 Å². The van der Waals surface area contributed by atoms with Gasteiger partial charge in [-0.3, -0.25) is 0 Å². The van der Waals surface area contributed by atoms with Gasteiger partial charge in [-0.2, -0.15) is 0 Å². The van der Waals surface area contributed by atoms with Crippen LogP contribution in [0.5, 0.6) is 5.75 Å². The van der Waals surface area contributed by atoms with E-state index in [4.69, 9.17) is 4.74 Å². The van der Waals surface area contributed by atoms with Crippen LogP contribution in [-0.4, -0.2) is 22.3 Å². The molecule has 0 bridgehead atoms. The normalized spacial score (nSPS) is 10.5. The minimum absolute atomic E-state index is 0.463. The number of ether oxygens (including phenoxy) is 1. The summed E-state index contributed by atoms with van der Waals surface area (Å²) >= 11 is 3.39. The Labute approximate surface area is 124 Å². The maximum atomic E-state index is 5.14. The van der Waals surface area contributed by atoms with Crippen LogP contribution in [0.1, 0.15) is 0 Å². The third-order valence-electron chi connectivity index (χ3n) is 2.76. The number of rotatable bonds is 3. The number of fused-ring (bicyclic) bond motifs is 1. The quantitative estimate of drug-likeness (QED) is 0.795. The van der Waals surface area contributed by atoms with E-state index in [1.165, 1.54) is 0 Å². The molecule has 6 heteroatoms. The topological polar surface area (TPSA) is 59.9 Å². The second-order valence-electron chi connectivity index (χ2n) is 4.12. The number of nitrogens with one attached hydrogen (secondary N) is 1. The first-order valence-electron chi connectivity index (χ1n) is 5.96. The second-order valence-corrected chi connectivity index (χ2v) is 5.04. The molecule has 0 saturated heterocycles. The SMILES string of the molecule is COc1ccc2nc(Nc3ccc(Br)cc3)nnc2c1. The van der Waals surface area contributed by atoms with E-state index in [-0.39, 0.29) is 0 Å². The molecule has 0 saturated carbocycles. The highest BCUT2D eigenvalue weighted by Gasteiger charge is 2.03. The molecule has 0 amide bonds. The molecule has 0 spiro atoms. The molecule has 0 atom stereocenters. The van der Waals surface area contributed by atoms with Gasteiger partial charge in [-0.05, 0) is 36.4 Å². The molecule has 0 fully saturated rings. The molecule has 0 unspecified atom stereocenters. The lowest BCUT2D eigenvalue weighted by atomic mass is 10.3. The van der Waals surface area contributed by atoms with Crippen LogP contribution >= 0.6 is 15.9 Å². The molecule has 1 aromatic heterocycles. The first-order chi connectivity index (χ1) is 9.74. The van der Waals surface area contributed by atoms with Crippen molar-refractivity contribution in [1.29, 1.82) is 0 Å². The zero-order chi connectivity index (χ0) is 13.9. The van der Waals surface area contributed by atoms with Crippen LogP contribution in [-0.2, 0) is 0 Å². The summed E-state index contributed by atoms with van der Waals surface area (Å²) in [6.07, 6.45) is 0. The van der Waals surface area contributed by atoms with Gasteiger partial charge in [0.2, 0.25) is 5.95 Å². The summed E-state index contributed by atoms with van der Waals surface area (Å²) in [5.41, 5.74) is 2.37. The fourth-order valence-corrected chi connectivity index (χ4v) is 2.02. The van der Waals surface area contributed by atoms with E-state index in [1.807, 2.05) is 36.4 Å². The van der Waals surface area contributed by atoms with Crippen molar-refractivity contribution in [3.05, 3.63) is 46.9 Å². The third-order valence-corrected chi connectivity index (χ3v) is 3.29. The van der Waals surface area contributed by atoms with Gasteiger partial charge in [0.25, 0.3) is 0 Å². The summed E-state index contributed by atoms with van der Waals surface area (Å²) in [5.74, 6) is 1.20. The highest BCUT2D eigenvalue weighted by atomic mass is 79.9. The molecule has 0 aliphatic rings. The van der Waals surface area contributed by atoms with Gasteiger partial charge in [0, 0.05) is 16.2 Å². The Kier molecular flexibility index (Phi) is 3.47. The number of methoxy groups -OCH3 is 1. The van der Waals surface area contributed by atoms with Gasteiger partial charge < -0.3 is 10.1 Å². The van der Waals surface area contributed by atoms with Crippen LogP contribution in [0, 0.1) is 0 Å². The maximum Gasteiger partial charge on any atom is 0.247 e. The van der Waals surface area contributed by atoms with E-state index in [2.05, 4.69) is 36.4 Å². The lowest BCUT2D eigenvalue weighted by molar-refractivity contribution is 0.415. The van der Waals surface area contributed by atoms with Gasteiger partial charge in [0.15, 0.2) is 0 Å². The molecule has 0 aliphatic carbocycles. The lowest BCUT2D eigenvalue weighted by Gasteiger charge is -2.05. The average molecular weight is 331 g/mol. The molecule has 3 aromatic rings. The number of hydrogen-bond acceptors (Lipinski definition) is 5. The van der Waals surface area contributed by atoms with E-state index in [1.54, 1.807) is 13.2 Å². The summed E-state index contributed by atoms with van der Waals surface area (Å²) in [4.78, 5) is 4.42. The van der Waals surface area contributed by atoms with E-state index in [0.717, 1.165) is 21.4 Å². The molecule has 20 heavy (non-hydrogen) atoms. The smallest absolute Gasteiger partial charge is 0.247 e. The monoisotopic (exact) mass is 330 g/mol. The van der Waals surface area contributed by atoms with Crippen molar-refractivity contribution < 1.29 is 4.74 Å². The van der Waals surface area contributed by atoms with E-state index in [9.17, 15) is 0 Å². The van der Waals surface area contributed by atoms with Crippen molar-refractivity contribution in [2.24, 2.45) is 0 Å². The molecule has 0 aliphatic heterocycles. The van der Waals surface area contributed by atoms with Gasteiger partial charge >= 0.3 is 0 Å². The summed E-state index contributed by atoms with van der Waals surface area (Å²) in [5, 5.41) is 11.3. The molecule has 100 valence electrons. The standard InChI is InChI=1S/C14H11BrN4O/c1-20-11-6-7-12-13(8-11)18-19-14(17-12)16-10-4-2-9(15)3-5-10/h2-8H,1H3,(H,16,17,19). The van der Waals surface area contributed by atoms with Gasteiger partial charge in [-0.15, -0.1) is 10.2 Å². The van der Waals surface area contributed by atoms with Crippen molar-refractivity contribution in [2.75, 3.05) is 12.4 Å². The Hall–Kier alpha value is -2.21. The Morgan fingerprint density at radius 2 is 1.80 bits per heavy atom. The number of nitrogens with zero attached hydrogens (tertiary/aromatic N) is 3. The van der Waals surface area contributed by atoms with Crippen molar-refractivity contribution in [3.63, 3.8) is 0 Å². The van der Waals surface area contributed by atoms with Crippen LogP contribution in [0.25, 0.3) is 11.0 Å². The Balaban J connectivity index is 1.90. The summed E-state index contributed by atoms with van der Waals surface area (Å²) in [6.45, 7) is 0. The summed E-state index contributed by atoms with van der Waals surface area (Å²) < 4.78 is 6.16. The van der Waals surface area contributed by atoms with Crippen LogP contribution in [0.4, 0.5) is 11.6 Å². The number of benzene rings is 2. The van der Waals surface area contributed by atoms with Crippen molar-refractivity contribution in [3.8, 4) is 5.75 Å². The van der Waals surface area contributed by atoms with E-state index in [0.29, 0.717) is 11.5 Å². The van der Waals surface area contributed by atoms with Crippen molar-refractivity contribution in [1.82, 2.24) is 15.2 Å². The number of aromatic nitrogens is 3. The molecule has 0 radical (unpaired) electrons. The first kappa shape index (κ1) is 12.8. The maximum absolute atomic E-state index is 5.14. The van der Waals surface area contributed by atoms with Crippen LogP contribution in [0.2, 0.25) is 0 Å². The highest BCUT2D eigenvalue weighted by Crippen LogP contribution is 2.20. The Morgan fingerprint density at radius 1 is 1.00 bits per heavy atom. The van der Waals surface area contributed by atoms with Crippen molar-refractivity contribution in [2.45, 2.75) is 0 Å². The van der Waals surface area contributed by atoms with Gasteiger partial charge in [0.05, 0.1) is 12.6 Å². The molecule has 2 aromatic carbocycles. The van der Waals surface area contributed by atoms with E-state index < -0.39 is 0 Å². The number of halogens is 1. The first-order valence-corrected chi connectivity index (χ1v) is 6.75. The fourth-order valence-electron chi connectivity index (χ4n) is 1.76. The van der Waals surface area contributed by atoms with Gasteiger partial charge in [0.1, 0.15) is 11.3 Å². The number of hydrogen-bond donors (Lipinski definition) is 1. The largest absolute Gasteiger partial charge is 0.497 e. The van der Waals surface area contributed by atoms with Crippen LogP contribution in [0.3, 0.4) is 0 Å². The predicted molar refractivity (Wildman–Crippen MR) is 81.3 cm³/mol. The minimum Gasteiger partial charge on any atom is -0.497 e. The average Bonchev–Trinajstić information content (AvgIpc) is 2.49. The third kappa shape index (κ3) is 2.70. The molecule has 1 heterocycles.